The van der Waals surface area contributed by atoms with Crippen LogP contribution in [0.25, 0.3) is 0 Å². The molecular formula is C19H19FN2O2. The van der Waals surface area contributed by atoms with Gasteiger partial charge in [0.05, 0.1) is 17.6 Å². The van der Waals surface area contributed by atoms with Gasteiger partial charge in [0, 0.05) is 13.5 Å². The molecule has 2 atom stereocenters. The molecule has 0 aliphatic carbocycles. The van der Waals surface area contributed by atoms with E-state index >= 15 is 0 Å². The van der Waals surface area contributed by atoms with Crippen LogP contribution in [0.15, 0.2) is 54.6 Å². The zero-order valence-electron chi connectivity index (χ0n) is 13.4. The van der Waals surface area contributed by atoms with E-state index in [1.165, 1.54) is 12.1 Å². The molecule has 0 bridgehead atoms. The maximum atomic E-state index is 13.8. The molecule has 1 N–H and O–H groups in total. The molecule has 5 heteroatoms. The van der Waals surface area contributed by atoms with Gasteiger partial charge in [-0.3, -0.25) is 9.59 Å². The van der Waals surface area contributed by atoms with Crippen molar-refractivity contribution in [3.8, 4) is 0 Å². The highest BCUT2D eigenvalue weighted by molar-refractivity contribution is 5.94. The summed E-state index contributed by atoms with van der Waals surface area (Å²) in [6.07, 6.45) is 0.762. The summed E-state index contributed by atoms with van der Waals surface area (Å²) in [6, 6.07) is 15.2. The number of carbonyl (C=O) groups is 2. The summed E-state index contributed by atoms with van der Waals surface area (Å²) < 4.78 is 13.8. The Morgan fingerprint density at radius 2 is 1.79 bits per heavy atom. The van der Waals surface area contributed by atoms with Crippen molar-refractivity contribution < 1.29 is 14.0 Å². The number of anilines is 1. The fourth-order valence-electron chi connectivity index (χ4n) is 3.21. The van der Waals surface area contributed by atoms with Crippen LogP contribution < -0.4 is 5.32 Å². The number of hydrogen-bond acceptors (Lipinski definition) is 2. The first kappa shape index (κ1) is 16.2. The first-order valence-electron chi connectivity index (χ1n) is 7.94. The SMILES string of the molecule is CN1C(=O)CC[C@H](C(=O)Nc2ccccc2F)[C@@H]1c1ccccc1. The number of amides is 2. The molecule has 0 spiro atoms. The predicted octanol–water partition coefficient (Wildman–Crippen LogP) is 3.37. The Morgan fingerprint density at radius 1 is 1.12 bits per heavy atom. The van der Waals surface area contributed by atoms with Crippen LogP contribution >= 0.6 is 0 Å². The van der Waals surface area contributed by atoms with E-state index < -0.39 is 11.7 Å². The van der Waals surface area contributed by atoms with Gasteiger partial charge >= 0.3 is 0 Å². The molecule has 1 fully saturated rings. The third kappa shape index (κ3) is 3.15. The molecule has 24 heavy (non-hydrogen) atoms. The molecule has 2 amide bonds. The van der Waals surface area contributed by atoms with E-state index in [9.17, 15) is 14.0 Å². The van der Waals surface area contributed by atoms with Gasteiger partial charge in [0.15, 0.2) is 0 Å². The third-order valence-electron chi connectivity index (χ3n) is 4.47. The lowest BCUT2D eigenvalue weighted by molar-refractivity contribution is -0.140. The summed E-state index contributed by atoms with van der Waals surface area (Å²) in [6.45, 7) is 0. The van der Waals surface area contributed by atoms with E-state index in [0.29, 0.717) is 12.8 Å². The number of nitrogens with zero attached hydrogens (tertiary/aromatic N) is 1. The van der Waals surface area contributed by atoms with Crippen molar-refractivity contribution in [2.24, 2.45) is 5.92 Å². The Bertz CT molecular complexity index is 748. The highest BCUT2D eigenvalue weighted by atomic mass is 19.1. The number of para-hydroxylation sites is 1. The van der Waals surface area contributed by atoms with Gasteiger partial charge in [-0.2, -0.15) is 0 Å². The van der Waals surface area contributed by atoms with Gasteiger partial charge < -0.3 is 10.2 Å². The van der Waals surface area contributed by atoms with Crippen molar-refractivity contribution in [1.82, 2.24) is 4.90 Å². The maximum absolute atomic E-state index is 13.8. The molecule has 1 aliphatic heterocycles. The molecule has 3 rings (SSSR count). The first-order chi connectivity index (χ1) is 11.6. The Hall–Kier alpha value is -2.69. The van der Waals surface area contributed by atoms with Crippen LogP contribution in [-0.4, -0.2) is 23.8 Å². The molecule has 2 aromatic carbocycles. The van der Waals surface area contributed by atoms with Crippen molar-refractivity contribution in [2.75, 3.05) is 12.4 Å². The highest BCUT2D eigenvalue weighted by Gasteiger charge is 2.38. The molecular weight excluding hydrogens is 307 g/mol. The number of halogens is 1. The fourth-order valence-corrected chi connectivity index (χ4v) is 3.21. The van der Waals surface area contributed by atoms with E-state index in [1.807, 2.05) is 30.3 Å². The number of carbonyl (C=O) groups excluding carboxylic acids is 2. The van der Waals surface area contributed by atoms with E-state index in [0.717, 1.165) is 5.56 Å². The van der Waals surface area contributed by atoms with Crippen molar-refractivity contribution in [3.63, 3.8) is 0 Å². The molecule has 0 aromatic heterocycles. The standard InChI is InChI=1S/C19H19FN2O2/c1-22-17(23)12-11-14(18(22)13-7-3-2-4-8-13)19(24)21-16-10-6-5-9-15(16)20/h2-10,14,18H,11-12H2,1H3,(H,21,24)/t14-,18-/m0/s1. The van der Waals surface area contributed by atoms with Crippen LogP contribution in [0.1, 0.15) is 24.4 Å². The molecule has 124 valence electrons. The second-order valence-corrected chi connectivity index (χ2v) is 5.97. The Kier molecular flexibility index (Phi) is 4.60. The van der Waals surface area contributed by atoms with Gasteiger partial charge in [-0.25, -0.2) is 4.39 Å². The Morgan fingerprint density at radius 3 is 2.50 bits per heavy atom. The topological polar surface area (TPSA) is 49.4 Å². The first-order valence-corrected chi connectivity index (χ1v) is 7.94. The summed E-state index contributed by atoms with van der Waals surface area (Å²) >= 11 is 0. The molecule has 2 aromatic rings. The molecule has 0 unspecified atom stereocenters. The predicted molar refractivity (Wildman–Crippen MR) is 89.7 cm³/mol. The van der Waals surface area contributed by atoms with Crippen molar-refractivity contribution in [1.29, 1.82) is 0 Å². The summed E-state index contributed by atoms with van der Waals surface area (Å²) in [7, 11) is 1.71. The summed E-state index contributed by atoms with van der Waals surface area (Å²) in [5.41, 5.74) is 1.07. The lowest BCUT2D eigenvalue weighted by atomic mass is 9.84. The monoisotopic (exact) mass is 326 g/mol. The number of hydrogen-bond donors (Lipinski definition) is 1. The van der Waals surface area contributed by atoms with Gasteiger partial charge in [0.2, 0.25) is 11.8 Å². The van der Waals surface area contributed by atoms with Crippen LogP contribution in [0.3, 0.4) is 0 Å². The summed E-state index contributed by atoms with van der Waals surface area (Å²) in [4.78, 5) is 26.4. The van der Waals surface area contributed by atoms with Crippen LogP contribution in [0.2, 0.25) is 0 Å². The Labute approximate surface area is 140 Å². The lowest BCUT2D eigenvalue weighted by Gasteiger charge is -2.38. The van der Waals surface area contributed by atoms with Crippen LogP contribution in [0.5, 0.6) is 0 Å². The van der Waals surface area contributed by atoms with Gasteiger partial charge in [-0.1, -0.05) is 42.5 Å². The van der Waals surface area contributed by atoms with Crippen LogP contribution in [0.4, 0.5) is 10.1 Å². The largest absolute Gasteiger partial charge is 0.338 e. The Balaban J connectivity index is 1.88. The smallest absolute Gasteiger partial charge is 0.230 e. The number of likely N-dealkylation sites (tertiary alicyclic amines) is 1. The number of benzene rings is 2. The normalized spacial score (nSPS) is 20.8. The van der Waals surface area contributed by atoms with Gasteiger partial charge in [0.25, 0.3) is 0 Å². The number of piperidine rings is 1. The highest BCUT2D eigenvalue weighted by Crippen LogP contribution is 2.36. The van der Waals surface area contributed by atoms with Crippen molar-refractivity contribution in [3.05, 3.63) is 66.0 Å². The summed E-state index contributed by atoms with van der Waals surface area (Å²) in [5, 5.41) is 2.66. The van der Waals surface area contributed by atoms with Gasteiger partial charge in [0.1, 0.15) is 5.82 Å². The third-order valence-corrected chi connectivity index (χ3v) is 4.47. The quantitative estimate of drug-likeness (QED) is 0.940. The molecule has 1 saturated heterocycles. The average molecular weight is 326 g/mol. The second-order valence-electron chi connectivity index (χ2n) is 5.97. The average Bonchev–Trinajstić information content (AvgIpc) is 2.60. The minimum absolute atomic E-state index is 0.0128. The minimum Gasteiger partial charge on any atom is -0.338 e. The van der Waals surface area contributed by atoms with E-state index in [-0.39, 0.29) is 23.5 Å². The van der Waals surface area contributed by atoms with E-state index in [1.54, 1.807) is 24.1 Å². The second kappa shape index (κ2) is 6.83. The zero-order chi connectivity index (χ0) is 17.1. The fraction of sp³-hybridized carbons (Fsp3) is 0.263. The maximum Gasteiger partial charge on any atom is 0.230 e. The molecule has 1 heterocycles. The zero-order valence-corrected chi connectivity index (χ0v) is 13.4. The number of rotatable bonds is 3. The van der Waals surface area contributed by atoms with E-state index in [2.05, 4.69) is 5.32 Å². The molecule has 0 radical (unpaired) electrons. The minimum atomic E-state index is -0.470. The molecule has 1 aliphatic rings. The lowest BCUT2D eigenvalue weighted by Crippen LogP contribution is -2.44. The van der Waals surface area contributed by atoms with E-state index in [4.69, 9.17) is 0 Å². The van der Waals surface area contributed by atoms with Crippen molar-refractivity contribution in [2.45, 2.75) is 18.9 Å². The molecule has 4 nitrogen and oxygen atoms in total. The molecule has 0 saturated carbocycles. The van der Waals surface area contributed by atoms with Gasteiger partial charge in [-0.05, 0) is 24.1 Å². The van der Waals surface area contributed by atoms with Crippen LogP contribution in [-0.2, 0) is 9.59 Å². The van der Waals surface area contributed by atoms with Gasteiger partial charge in [-0.15, -0.1) is 0 Å². The summed E-state index contributed by atoms with van der Waals surface area (Å²) in [5.74, 6) is -1.15. The van der Waals surface area contributed by atoms with Crippen LogP contribution in [0, 0.1) is 11.7 Å². The van der Waals surface area contributed by atoms with Crippen molar-refractivity contribution >= 4 is 17.5 Å². The number of nitrogens with one attached hydrogen (secondary N) is 1.